The molecule has 4 saturated carbocycles. The van der Waals surface area contributed by atoms with Gasteiger partial charge in [-0.25, -0.2) is 15.0 Å². The fraction of sp³-hybridized carbons (Fsp3) is 0.263. The van der Waals surface area contributed by atoms with Crippen LogP contribution in [0.15, 0.2) is 95.4 Å². The zero-order valence-electron chi connectivity index (χ0n) is 23.8. The third-order valence-electron chi connectivity index (χ3n) is 10.3. The molecule has 208 valence electrons. The van der Waals surface area contributed by atoms with Gasteiger partial charge in [-0.2, -0.15) is 5.26 Å². The Morgan fingerprint density at radius 1 is 0.605 bits per heavy atom. The SMILES string of the molecule is N#Cc1ccc2oc3ccc(-c4nc(-c5ccccc5)nc(-c5ccc(C67C[C@H]8C[C@H](C6)C[C@@H](C7)C8)cc5)n4)cc3c2c1. The molecule has 6 aromatic rings. The van der Waals surface area contributed by atoms with Crippen LogP contribution in [0.25, 0.3) is 56.1 Å². The number of fused-ring (bicyclic) bond motifs is 3. The number of hydrogen-bond donors (Lipinski definition) is 0. The molecule has 5 heteroatoms. The standard InChI is InChI=1S/C38H30N4O/c39-22-23-6-12-33-31(17-23)32-18-29(9-13-34(32)43-33)37-41-35(27-4-2-1-3-5-27)40-36(42-37)28-7-10-30(11-8-28)38-19-24-14-25(20-38)16-26(15-24)21-38/h1-13,17-18,24-26H,14-16,19-21H2/t24-,25-,26-,38?. The molecule has 4 aliphatic rings. The van der Waals surface area contributed by atoms with Crippen molar-refractivity contribution in [2.45, 2.75) is 43.9 Å². The highest BCUT2D eigenvalue weighted by molar-refractivity contribution is 6.06. The molecule has 4 fully saturated rings. The monoisotopic (exact) mass is 558 g/mol. The molecule has 2 aromatic heterocycles. The second-order valence-corrected chi connectivity index (χ2v) is 13.1. The van der Waals surface area contributed by atoms with Crippen LogP contribution < -0.4 is 0 Å². The Bertz CT molecular complexity index is 2030. The van der Waals surface area contributed by atoms with E-state index in [1.54, 1.807) is 6.07 Å². The fourth-order valence-corrected chi connectivity index (χ4v) is 8.77. The average Bonchev–Trinajstić information content (AvgIpc) is 3.41. The largest absolute Gasteiger partial charge is 0.456 e. The number of nitriles is 1. The van der Waals surface area contributed by atoms with Crippen molar-refractivity contribution >= 4 is 21.9 Å². The molecule has 0 spiro atoms. The van der Waals surface area contributed by atoms with Crippen molar-refractivity contribution < 1.29 is 4.42 Å². The van der Waals surface area contributed by atoms with Gasteiger partial charge in [0.15, 0.2) is 17.5 Å². The Labute approximate surface area is 250 Å². The first-order valence-electron chi connectivity index (χ1n) is 15.4. The molecule has 0 unspecified atom stereocenters. The van der Waals surface area contributed by atoms with Crippen LogP contribution in [-0.2, 0) is 5.41 Å². The van der Waals surface area contributed by atoms with Gasteiger partial charge in [0.1, 0.15) is 11.2 Å². The second kappa shape index (κ2) is 9.34. The first-order valence-corrected chi connectivity index (χ1v) is 15.4. The van der Waals surface area contributed by atoms with Crippen molar-refractivity contribution in [2.75, 3.05) is 0 Å². The number of benzene rings is 4. The molecule has 0 atom stereocenters. The summed E-state index contributed by atoms with van der Waals surface area (Å²) in [6, 6.07) is 33.0. The molecule has 0 saturated heterocycles. The predicted molar refractivity (Wildman–Crippen MR) is 168 cm³/mol. The number of furan rings is 1. The van der Waals surface area contributed by atoms with E-state index in [2.05, 4.69) is 36.4 Å². The number of hydrogen-bond acceptors (Lipinski definition) is 5. The summed E-state index contributed by atoms with van der Waals surface area (Å²) >= 11 is 0. The van der Waals surface area contributed by atoms with Crippen molar-refractivity contribution in [2.24, 2.45) is 17.8 Å². The van der Waals surface area contributed by atoms with Crippen LogP contribution >= 0.6 is 0 Å². The maximum Gasteiger partial charge on any atom is 0.164 e. The zero-order chi connectivity index (χ0) is 28.5. The quantitative estimate of drug-likeness (QED) is 0.216. The van der Waals surface area contributed by atoms with Crippen molar-refractivity contribution in [1.29, 1.82) is 5.26 Å². The van der Waals surface area contributed by atoms with Crippen molar-refractivity contribution in [3.8, 4) is 40.2 Å². The lowest BCUT2D eigenvalue weighted by Gasteiger charge is -2.57. The van der Waals surface area contributed by atoms with Crippen LogP contribution in [0.5, 0.6) is 0 Å². The van der Waals surface area contributed by atoms with Gasteiger partial charge in [0.2, 0.25) is 0 Å². The van der Waals surface area contributed by atoms with Gasteiger partial charge in [0, 0.05) is 27.5 Å². The van der Waals surface area contributed by atoms with Crippen LogP contribution in [0.4, 0.5) is 0 Å². The summed E-state index contributed by atoms with van der Waals surface area (Å²) in [6.45, 7) is 0. The lowest BCUT2D eigenvalue weighted by atomic mass is 9.48. The Morgan fingerprint density at radius 3 is 1.77 bits per heavy atom. The molecular formula is C38H30N4O. The van der Waals surface area contributed by atoms with Crippen LogP contribution in [0, 0.1) is 29.1 Å². The predicted octanol–water partition coefficient (Wildman–Crippen LogP) is 9.11. The van der Waals surface area contributed by atoms with Crippen LogP contribution in [0.3, 0.4) is 0 Å². The number of nitrogens with zero attached hydrogens (tertiary/aromatic N) is 4. The molecule has 4 aliphatic carbocycles. The molecule has 0 radical (unpaired) electrons. The van der Waals surface area contributed by atoms with Gasteiger partial charge in [-0.15, -0.1) is 0 Å². The van der Waals surface area contributed by atoms with Crippen LogP contribution in [0.1, 0.15) is 49.7 Å². The van der Waals surface area contributed by atoms with Crippen LogP contribution in [0.2, 0.25) is 0 Å². The summed E-state index contributed by atoms with van der Waals surface area (Å²) in [4.78, 5) is 14.9. The lowest BCUT2D eigenvalue weighted by Crippen LogP contribution is -2.48. The summed E-state index contributed by atoms with van der Waals surface area (Å²) in [6.07, 6.45) is 8.42. The zero-order valence-corrected chi connectivity index (χ0v) is 23.8. The summed E-state index contributed by atoms with van der Waals surface area (Å²) in [7, 11) is 0. The Balaban J connectivity index is 1.15. The summed E-state index contributed by atoms with van der Waals surface area (Å²) in [5.74, 6) is 4.69. The molecule has 4 aromatic carbocycles. The van der Waals surface area contributed by atoms with Crippen molar-refractivity contribution in [3.05, 3.63) is 102 Å². The molecule has 0 N–H and O–H groups in total. The van der Waals surface area contributed by atoms with E-state index in [0.717, 1.165) is 56.4 Å². The van der Waals surface area contributed by atoms with E-state index >= 15 is 0 Å². The highest BCUT2D eigenvalue weighted by atomic mass is 16.3. The van der Waals surface area contributed by atoms with Crippen molar-refractivity contribution in [1.82, 2.24) is 15.0 Å². The smallest absolute Gasteiger partial charge is 0.164 e. The summed E-state index contributed by atoms with van der Waals surface area (Å²) in [5, 5.41) is 11.3. The second-order valence-electron chi connectivity index (χ2n) is 13.1. The van der Waals surface area contributed by atoms with Crippen LogP contribution in [-0.4, -0.2) is 15.0 Å². The van der Waals surface area contributed by atoms with Gasteiger partial charge < -0.3 is 4.42 Å². The van der Waals surface area contributed by atoms with E-state index in [4.69, 9.17) is 19.4 Å². The minimum Gasteiger partial charge on any atom is -0.456 e. The minimum atomic E-state index is 0.362. The van der Waals surface area contributed by atoms with E-state index in [1.807, 2.05) is 54.6 Å². The first kappa shape index (κ1) is 24.7. The molecule has 4 bridgehead atoms. The van der Waals surface area contributed by atoms with Gasteiger partial charge in [-0.05, 0) is 104 Å². The average molecular weight is 559 g/mol. The third-order valence-corrected chi connectivity index (χ3v) is 10.3. The Kier molecular flexibility index (Phi) is 5.38. The molecule has 5 nitrogen and oxygen atoms in total. The molecule has 43 heavy (non-hydrogen) atoms. The lowest BCUT2D eigenvalue weighted by molar-refractivity contribution is -0.00518. The van der Waals surface area contributed by atoms with E-state index < -0.39 is 0 Å². The molecule has 2 heterocycles. The Morgan fingerprint density at radius 2 is 1.14 bits per heavy atom. The minimum absolute atomic E-state index is 0.362. The third kappa shape index (κ3) is 4.08. The van der Waals surface area contributed by atoms with E-state index in [1.165, 1.54) is 44.1 Å². The van der Waals surface area contributed by atoms with Crippen molar-refractivity contribution in [3.63, 3.8) is 0 Å². The summed E-state index contributed by atoms with van der Waals surface area (Å²) < 4.78 is 6.06. The van der Waals surface area contributed by atoms with E-state index in [0.29, 0.717) is 28.5 Å². The highest BCUT2D eigenvalue weighted by Gasteiger charge is 2.51. The molecule has 0 amide bonds. The number of rotatable bonds is 4. The molecule has 10 rings (SSSR count). The fourth-order valence-electron chi connectivity index (χ4n) is 8.77. The first-order chi connectivity index (χ1) is 21.1. The topological polar surface area (TPSA) is 75.6 Å². The maximum absolute atomic E-state index is 9.46. The Hall–Kier alpha value is -4.82. The number of aromatic nitrogens is 3. The van der Waals surface area contributed by atoms with Gasteiger partial charge >= 0.3 is 0 Å². The highest BCUT2D eigenvalue weighted by Crippen LogP contribution is 2.60. The molecular weight excluding hydrogens is 528 g/mol. The molecule has 0 aliphatic heterocycles. The summed E-state index contributed by atoms with van der Waals surface area (Å²) in [5.41, 5.74) is 6.82. The van der Waals surface area contributed by atoms with Gasteiger partial charge in [0.05, 0.1) is 11.6 Å². The van der Waals surface area contributed by atoms with E-state index in [-0.39, 0.29) is 0 Å². The van der Waals surface area contributed by atoms with Gasteiger partial charge in [0.25, 0.3) is 0 Å². The van der Waals surface area contributed by atoms with Gasteiger partial charge in [-0.3, -0.25) is 0 Å². The maximum atomic E-state index is 9.46. The van der Waals surface area contributed by atoms with E-state index in [9.17, 15) is 5.26 Å². The normalized spacial score (nSPS) is 24.0. The van der Waals surface area contributed by atoms with Gasteiger partial charge in [-0.1, -0.05) is 54.6 Å².